The molecule has 30 heavy (non-hydrogen) atoms. The van der Waals surface area contributed by atoms with Crippen LogP contribution in [0.5, 0.6) is 0 Å². The Morgan fingerprint density at radius 3 is 2.37 bits per heavy atom. The predicted octanol–water partition coefficient (Wildman–Crippen LogP) is 2.37. The van der Waals surface area contributed by atoms with Crippen molar-refractivity contribution in [2.45, 2.75) is 18.7 Å². The molecule has 1 saturated heterocycles. The third kappa shape index (κ3) is 4.48. The molecule has 10 heteroatoms. The van der Waals surface area contributed by atoms with Gasteiger partial charge in [-0.3, -0.25) is 4.79 Å². The van der Waals surface area contributed by atoms with E-state index in [2.05, 4.69) is 4.98 Å². The van der Waals surface area contributed by atoms with Crippen LogP contribution in [-0.2, 0) is 14.8 Å². The van der Waals surface area contributed by atoms with Gasteiger partial charge in [0.1, 0.15) is 10.6 Å². The van der Waals surface area contributed by atoms with E-state index in [0.717, 1.165) is 0 Å². The molecule has 0 saturated carbocycles. The van der Waals surface area contributed by atoms with Crippen LogP contribution >= 0.6 is 11.6 Å². The lowest BCUT2D eigenvalue weighted by Gasteiger charge is -2.34. The van der Waals surface area contributed by atoms with Crippen LogP contribution in [0.1, 0.15) is 33.5 Å². The van der Waals surface area contributed by atoms with Crippen molar-refractivity contribution < 1.29 is 22.7 Å². The number of carbonyl (C=O) groups excluding carboxylic acids is 2. The summed E-state index contributed by atoms with van der Waals surface area (Å²) < 4.78 is 32.0. The number of aromatic nitrogens is 1. The molecule has 1 fully saturated rings. The Balaban J connectivity index is 1.69. The first-order valence-corrected chi connectivity index (χ1v) is 11.3. The summed E-state index contributed by atoms with van der Waals surface area (Å²) in [5.41, 5.74) is 0.909. The maximum absolute atomic E-state index is 12.8. The van der Waals surface area contributed by atoms with Gasteiger partial charge >= 0.3 is 5.97 Å². The van der Waals surface area contributed by atoms with Crippen molar-refractivity contribution in [2.75, 3.05) is 32.8 Å². The molecule has 0 unspecified atom stereocenters. The van der Waals surface area contributed by atoms with Crippen LogP contribution in [0.3, 0.4) is 0 Å². The fourth-order valence-corrected chi connectivity index (χ4v) is 5.11. The monoisotopic (exact) mass is 451 g/mol. The van der Waals surface area contributed by atoms with Crippen LogP contribution in [0.4, 0.5) is 0 Å². The largest absolute Gasteiger partial charge is 0.462 e. The third-order valence-electron chi connectivity index (χ3n) is 4.78. The molecule has 0 N–H and O–H groups in total. The van der Waals surface area contributed by atoms with E-state index >= 15 is 0 Å². The maximum Gasteiger partial charge on any atom is 0.339 e. The Morgan fingerprint density at radius 1 is 1.10 bits per heavy atom. The molecule has 1 aliphatic heterocycles. The molecular weight excluding hydrogens is 430 g/mol. The zero-order valence-corrected chi connectivity index (χ0v) is 18.2. The molecule has 1 aromatic carbocycles. The molecule has 1 aromatic heterocycles. The van der Waals surface area contributed by atoms with Gasteiger partial charge in [-0.1, -0.05) is 23.7 Å². The summed E-state index contributed by atoms with van der Waals surface area (Å²) in [5, 5.41) is 0.164. The summed E-state index contributed by atoms with van der Waals surface area (Å²) in [6.45, 7) is 4.35. The van der Waals surface area contributed by atoms with E-state index in [1.807, 2.05) is 0 Å². The molecule has 0 atom stereocenters. The SMILES string of the molecule is CCOC(=O)c1ccc(C(=O)N2CCN(S(=O)(=O)c3ccccc3Cl)CC2)nc1C. The number of ether oxygens (including phenoxy) is 1. The summed E-state index contributed by atoms with van der Waals surface area (Å²) in [7, 11) is -3.74. The van der Waals surface area contributed by atoms with E-state index in [0.29, 0.717) is 11.3 Å². The molecule has 0 bridgehead atoms. The van der Waals surface area contributed by atoms with Crippen molar-refractivity contribution in [1.29, 1.82) is 0 Å². The molecule has 0 spiro atoms. The highest BCUT2D eigenvalue weighted by Crippen LogP contribution is 2.25. The van der Waals surface area contributed by atoms with Gasteiger partial charge in [0, 0.05) is 26.2 Å². The van der Waals surface area contributed by atoms with Crippen LogP contribution in [-0.4, -0.2) is 67.3 Å². The quantitative estimate of drug-likeness (QED) is 0.647. The Kier molecular flexibility index (Phi) is 6.74. The zero-order chi connectivity index (χ0) is 21.9. The summed E-state index contributed by atoms with van der Waals surface area (Å²) in [6, 6.07) is 9.28. The highest BCUT2D eigenvalue weighted by molar-refractivity contribution is 7.89. The minimum absolute atomic E-state index is 0.0540. The van der Waals surface area contributed by atoms with Gasteiger partial charge in [0.2, 0.25) is 10.0 Å². The molecule has 3 rings (SSSR count). The van der Waals surface area contributed by atoms with Crippen LogP contribution in [0.25, 0.3) is 0 Å². The summed E-state index contributed by atoms with van der Waals surface area (Å²) in [4.78, 5) is 30.5. The van der Waals surface area contributed by atoms with E-state index in [4.69, 9.17) is 16.3 Å². The number of aryl methyl sites for hydroxylation is 1. The number of piperazine rings is 1. The Bertz CT molecular complexity index is 1070. The second-order valence-corrected chi connectivity index (χ2v) is 8.99. The number of carbonyl (C=O) groups is 2. The van der Waals surface area contributed by atoms with Crippen LogP contribution in [0.2, 0.25) is 5.02 Å². The Labute approximate surface area is 180 Å². The molecule has 2 heterocycles. The second-order valence-electron chi connectivity index (χ2n) is 6.68. The van der Waals surface area contributed by atoms with Crippen molar-refractivity contribution in [3.8, 4) is 0 Å². The topological polar surface area (TPSA) is 96.9 Å². The predicted molar refractivity (Wildman–Crippen MR) is 111 cm³/mol. The molecule has 160 valence electrons. The van der Waals surface area contributed by atoms with Gasteiger partial charge in [-0.25, -0.2) is 18.2 Å². The number of hydrogen-bond donors (Lipinski definition) is 0. The smallest absolute Gasteiger partial charge is 0.339 e. The molecule has 1 amide bonds. The number of halogens is 1. The normalized spacial score (nSPS) is 15.1. The highest BCUT2D eigenvalue weighted by Gasteiger charge is 2.32. The summed E-state index contributed by atoms with van der Waals surface area (Å²) in [6.07, 6.45) is 0. The lowest BCUT2D eigenvalue weighted by molar-refractivity contribution is 0.0523. The fraction of sp³-hybridized carbons (Fsp3) is 0.350. The lowest BCUT2D eigenvalue weighted by Crippen LogP contribution is -2.50. The number of esters is 1. The molecule has 8 nitrogen and oxygen atoms in total. The average Bonchev–Trinajstić information content (AvgIpc) is 2.73. The van der Waals surface area contributed by atoms with Crippen molar-refractivity contribution >= 4 is 33.5 Å². The Hall–Kier alpha value is -2.49. The van der Waals surface area contributed by atoms with E-state index < -0.39 is 16.0 Å². The number of pyridine rings is 1. The van der Waals surface area contributed by atoms with Gasteiger partial charge in [0.05, 0.1) is 22.9 Å². The van der Waals surface area contributed by atoms with Crippen LogP contribution < -0.4 is 0 Å². The van der Waals surface area contributed by atoms with Crippen molar-refractivity contribution in [3.05, 3.63) is 58.4 Å². The van der Waals surface area contributed by atoms with E-state index in [-0.39, 0.29) is 54.3 Å². The van der Waals surface area contributed by atoms with Gasteiger partial charge in [-0.15, -0.1) is 0 Å². The molecule has 0 aliphatic carbocycles. The zero-order valence-electron chi connectivity index (χ0n) is 16.7. The molecule has 0 radical (unpaired) electrons. The van der Waals surface area contributed by atoms with Crippen molar-refractivity contribution in [2.24, 2.45) is 0 Å². The highest BCUT2D eigenvalue weighted by atomic mass is 35.5. The van der Waals surface area contributed by atoms with Crippen LogP contribution in [0.15, 0.2) is 41.3 Å². The van der Waals surface area contributed by atoms with E-state index in [1.54, 1.807) is 30.9 Å². The van der Waals surface area contributed by atoms with Crippen molar-refractivity contribution in [1.82, 2.24) is 14.2 Å². The lowest BCUT2D eigenvalue weighted by atomic mass is 10.1. The molecule has 2 aromatic rings. The van der Waals surface area contributed by atoms with E-state index in [1.165, 1.54) is 28.6 Å². The molecular formula is C20H22ClN3O5S. The number of rotatable bonds is 5. The van der Waals surface area contributed by atoms with Gasteiger partial charge in [-0.05, 0) is 38.1 Å². The maximum atomic E-state index is 12.8. The minimum atomic E-state index is -3.74. The minimum Gasteiger partial charge on any atom is -0.462 e. The van der Waals surface area contributed by atoms with Gasteiger partial charge < -0.3 is 9.64 Å². The number of sulfonamides is 1. The van der Waals surface area contributed by atoms with Crippen LogP contribution in [0, 0.1) is 6.92 Å². The summed E-state index contributed by atoms with van der Waals surface area (Å²) >= 11 is 6.05. The first-order chi connectivity index (χ1) is 14.3. The van der Waals surface area contributed by atoms with Gasteiger partial charge in [-0.2, -0.15) is 4.31 Å². The standard InChI is InChI=1S/C20H22ClN3O5S/c1-3-29-20(26)15-8-9-17(22-14(15)2)19(25)23-10-12-24(13-11-23)30(27,28)18-7-5-4-6-16(18)21/h4-9H,3,10-13H2,1-2H3. The number of nitrogens with zero attached hydrogens (tertiary/aromatic N) is 3. The summed E-state index contributed by atoms with van der Waals surface area (Å²) in [5.74, 6) is -0.803. The van der Waals surface area contributed by atoms with Crippen molar-refractivity contribution in [3.63, 3.8) is 0 Å². The van der Waals surface area contributed by atoms with Gasteiger partial charge in [0.15, 0.2) is 0 Å². The number of amides is 1. The van der Waals surface area contributed by atoms with Gasteiger partial charge in [0.25, 0.3) is 5.91 Å². The first-order valence-electron chi connectivity index (χ1n) is 9.44. The van der Waals surface area contributed by atoms with E-state index in [9.17, 15) is 18.0 Å². The number of hydrogen-bond acceptors (Lipinski definition) is 6. The average molecular weight is 452 g/mol. The first kappa shape index (κ1) is 22.2. The third-order valence-corrected chi connectivity index (χ3v) is 7.18. The Morgan fingerprint density at radius 2 is 1.77 bits per heavy atom. The molecule has 1 aliphatic rings. The fourth-order valence-electron chi connectivity index (χ4n) is 3.19. The second kappa shape index (κ2) is 9.11. The number of benzene rings is 1.